The first-order valence-corrected chi connectivity index (χ1v) is 5.47. The Labute approximate surface area is 101 Å². The molecule has 0 aliphatic carbocycles. The van der Waals surface area contributed by atoms with E-state index in [0.29, 0.717) is 17.6 Å². The molecular formula is C12H18N2O3. The van der Waals surface area contributed by atoms with Gasteiger partial charge in [0.1, 0.15) is 11.6 Å². The van der Waals surface area contributed by atoms with Crippen molar-refractivity contribution in [3.05, 3.63) is 11.9 Å². The van der Waals surface area contributed by atoms with Gasteiger partial charge in [-0.05, 0) is 12.8 Å². The molecule has 0 N–H and O–H groups in total. The summed E-state index contributed by atoms with van der Waals surface area (Å²) >= 11 is 0. The first-order chi connectivity index (χ1) is 7.99. The minimum Gasteiger partial charge on any atom is -0.481 e. The number of methoxy groups -OCH3 is 2. The van der Waals surface area contributed by atoms with Crippen molar-refractivity contribution in [3.63, 3.8) is 0 Å². The topological polar surface area (TPSA) is 61.3 Å². The second-order valence-corrected chi connectivity index (χ2v) is 4.14. The third-order valence-electron chi connectivity index (χ3n) is 2.50. The van der Waals surface area contributed by atoms with Gasteiger partial charge in [-0.3, -0.25) is 4.79 Å². The van der Waals surface area contributed by atoms with Crippen LogP contribution in [-0.2, 0) is 4.79 Å². The number of nitrogens with zero attached hydrogens (tertiary/aromatic N) is 2. The highest BCUT2D eigenvalue weighted by atomic mass is 16.5. The third kappa shape index (κ3) is 3.15. The highest BCUT2D eigenvalue weighted by Crippen LogP contribution is 2.26. The number of ketones is 1. The molecule has 5 heteroatoms. The predicted octanol–water partition coefficient (Wildman–Crippen LogP) is 1.82. The summed E-state index contributed by atoms with van der Waals surface area (Å²) < 4.78 is 10.1. The van der Waals surface area contributed by atoms with Gasteiger partial charge < -0.3 is 9.47 Å². The normalized spacial score (nSPS) is 12.4. The second-order valence-electron chi connectivity index (χ2n) is 4.14. The van der Waals surface area contributed by atoms with Crippen LogP contribution in [-0.4, -0.2) is 30.0 Å². The monoisotopic (exact) mass is 238 g/mol. The van der Waals surface area contributed by atoms with E-state index in [1.54, 1.807) is 13.0 Å². The Hall–Kier alpha value is -1.65. The molecule has 1 aromatic rings. The van der Waals surface area contributed by atoms with Gasteiger partial charge in [-0.1, -0.05) is 13.8 Å². The average Bonchev–Trinajstić information content (AvgIpc) is 2.27. The Balaban J connectivity index is 3.22. The summed E-state index contributed by atoms with van der Waals surface area (Å²) in [4.78, 5) is 20.0. The maximum atomic E-state index is 11.6. The van der Waals surface area contributed by atoms with Crippen LogP contribution in [0.1, 0.15) is 32.5 Å². The smallest absolute Gasteiger partial charge is 0.220 e. The molecule has 0 bridgehead atoms. The van der Waals surface area contributed by atoms with Gasteiger partial charge in [0.25, 0.3) is 0 Å². The van der Waals surface area contributed by atoms with Gasteiger partial charge >= 0.3 is 0 Å². The lowest BCUT2D eigenvalue weighted by atomic mass is 9.91. The molecule has 5 nitrogen and oxygen atoms in total. The van der Waals surface area contributed by atoms with Crippen molar-refractivity contribution in [2.75, 3.05) is 14.2 Å². The molecule has 0 aromatic carbocycles. The lowest BCUT2D eigenvalue weighted by Gasteiger charge is -2.17. The standard InChI is InChI=1S/C12H18N2O3/c1-7(2)11(8(3)15)12-13-9(16-4)6-10(14-12)17-5/h6-7,11H,1-5H3. The molecule has 0 saturated heterocycles. The number of hydrogen-bond acceptors (Lipinski definition) is 5. The zero-order valence-corrected chi connectivity index (χ0v) is 10.9. The molecule has 1 rings (SSSR count). The van der Waals surface area contributed by atoms with Gasteiger partial charge in [-0.25, -0.2) is 0 Å². The van der Waals surface area contributed by atoms with Crippen LogP contribution in [0.4, 0.5) is 0 Å². The fraction of sp³-hybridized carbons (Fsp3) is 0.583. The molecule has 0 radical (unpaired) electrons. The van der Waals surface area contributed by atoms with Crippen molar-refractivity contribution in [2.24, 2.45) is 5.92 Å². The zero-order valence-electron chi connectivity index (χ0n) is 10.9. The van der Waals surface area contributed by atoms with Crippen LogP contribution >= 0.6 is 0 Å². The van der Waals surface area contributed by atoms with E-state index < -0.39 is 0 Å². The first-order valence-electron chi connectivity index (χ1n) is 5.47. The minimum atomic E-state index is -0.334. The van der Waals surface area contributed by atoms with Gasteiger partial charge in [-0.2, -0.15) is 9.97 Å². The maximum absolute atomic E-state index is 11.6. The summed E-state index contributed by atoms with van der Waals surface area (Å²) in [6.45, 7) is 5.46. The molecule has 1 aromatic heterocycles. The summed E-state index contributed by atoms with van der Waals surface area (Å²) in [7, 11) is 3.04. The van der Waals surface area contributed by atoms with Crippen molar-refractivity contribution in [2.45, 2.75) is 26.7 Å². The summed E-state index contributed by atoms with van der Waals surface area (Å²) in [6.07, 6.45) is 0. The molecule has 0 spiro atoms. The summed E-state index contributed by atoms with van der Waals surface area (Å²) in [5, 5.41) is 0. The van der Waals surface area contributed by atoms with Crippen molar-refractivity contribution in [1.29, 1.82) is 0 Å². The first kappa shape index (κ1) is 13.4. The Kier molecular flexibility index (Phi) is 4.43. The van der Waals surface area contributed by atoms with Crippen molar-refractivity contribution >= 4 is 5.78 Å². The molecule has 0 saturated carbocycles. The summed E-state index contributed by atoms with van der Waals surface area (Å²) in [6, 6.07) is 1.58. The van der Waals surface area contributed by atoms with E-state index >= 15 is 0 Å². The minimum absolute atomic E-state index is 0.0373. The number of carbonyl (C=O) groups is 1. The van der Waals surface area contributed by atoms with Crippen LogP contribution in [0.25, 0.3) is 0 Å². The zero-order chi connectivity index (χ0) is 13.0. The van der Waals surface area contributed by atoms with E-state index in [9.17, 15) is 4.79 Å². The molecule has 0 aliphatic rings. The molecular weight excluding hydrogens is 220 g/mol. The van der Waals surface area contributed by atoms with Crippen LogP contribution in [0.5, 0.6) is 11.8 Å². The van der Waals surface area contributed by atoms with E-state index in [1.165, 1.54) is 14.2 Å². The SMILES string of the molecule is COc1cc(OC)nc(C(C(C)=O)C(C)C)n1. The fourth-order valence-electron chi connectivity index (χ4n) is 1.72. The molecule has 17 heavy (non-hydrogen) atoms. The largest absolute Gasteiger partial charge is 0.481 e. The van der Waals surface area contributed by atoms with E-state index in [0.717, 1.165) is 0 Å². The molecule has 94 valence electrons. The maximum Gasteiger partial charge on any atom is 0.220 e. The van der Waals surface area contributed by atoms with Crippen LogP contribution in [0.3, 0.4) is 0 Å². The van der Waals surface area contributed by atoms with Crippen molar-refractivity contribution in [1.82, 2.24) is 9.97 Å². The number of hydrogen-bond donors (Lipinski definition) is 0. The van der Waals surface area contributed by atoms with Crippen molar-refractivity contribution in [3.8, 4) is 11.8 Å². The molecule has 0 fully saturated rings. The molecule has 0 amide bonds. The van der Waals surface area contributed by atoms with Crippen molar-refractivity contribution < 1.29 is 14.3 Å². The number of rotatable bonds is 5. The molecule has 1 heterocycles. The van der Waals surface area contributed by atoms with Crippen LogP contribution in [0.2, 0.25) is 0 Å². The molecule has 1 unspecified atom stereocenters. The lowest BCUT2D eigenvalue weighted by molar-refractivity contribution is -0.119. The number of aromatic nitrogens is 2. The van der Waals surface area contributed by atoms with E-state index in [4.69, 9.17) is 9.47 Å². The number of ether oxygens (including phenoxy) is 2. The Bertz CT molecular complexity index is 382. The van der Waals surface area contributed by atoms with Crippen LogP contribution < -0.4 is 9.47 Å². The average molecular weight is 238 g/mol. The highest BCUT2D eigenvalue weighted by Gasteiger charge is 2.25. The third-order valence-corrected chi connectivity index (χ3v) is 2.50. The van der Waals surface area contributed by atoms with Crippen LogP contribution in [0.15, 0.2) is 6.07 Å². The van der Waals surface area contributed by atoms with E-state index in [-0.39, 0.29) is 17.6 Å². The van der Waals surface area contributed by atoms with Gasteiger partial charge in [0.2, 0.25) is 11.8 Å². The Morgan fingerprint density at radius 3 is 1.94 bits per heavy atom. The summed E-state index contributed by atoms with van der Waals surface area (Å²) in [5.74, 6) is 1.08. The van der Waals surface area contributed by atoms with Gasteiger partial charge in [0.05, 0.1) is 26.2 Å². The van der Waals surface area contributed by atoms with Gasteiger partial charge in [0, 0.05) is 0 Å². The molecule has 0 aliphatic heterocycles. The van der Waals surface area contributed by atoms with Gasteiger partial charge in [0.15, 0.2) is 0 Å². The molecule has 1 atom stereocenters. The van der Waals surface area contributed by atoms with Crippen LogP contribution in [0, 0.1) is 5.92 Å². The predicted molar refractivity (Wildman–Crippen MR) is 63.4 cm³/mol. The quantitative estimate of drug-likeness (QED) is 0.783. The Morgan fingerprint density at radius 2 is 1.65 bits per heavy atom. The van der Waals surface area contributed by atoms with Gasteiger partial charge in [-0.15, -0.1) is 0 Å². The lowest BCUT2D eigenvalue weighted by Crippen LogP contribution is -2.18. The Morgan fingerprint density at radius 1 is 1.18 bits per heavy atom. The highest BCUT2D eigenvalue weighted by molar-refractivity contribution is 5.82. The second kappa shape index (κ2) is 5.61. The fourth-order valence-corrected chi connectivity index (χ4v) is 1.72. The number of Topliss-reactive ketones (excluding diaryl/α,β-unsaturated/α-hetero) is 1. The van der Waals surface area contributed by atoms with E-state index in [2.05, 4.69) is 9.97 Å². The number of carbonyl (C=O) groups excluding carboxylic acids is 1. The summed E-state index contributed by atoms with van der Waals surface area (Å²) in [5.41, 5.74) is 0. The van der Waals surface area contributed by atoms with E-state index in [1.807, 2.05) is 13.8 Å².